The molecule has 1 aromatic rings. The fraction of sp³-hybridized carbons (Fsp3) is 0.565. The Kier molecular flexibility index (Phi) is 8.56. The van der Waals surface area contributed by atoms with Crippen molar-refractivity contribution in [3.05, 3.63) is 41.5 Å². The van der Waals surface area contributed by atoms with Gasteiger partial charge in [0.1, 0.15) is 0 Å². The van der Waals surface area contributed by atoms with Gasteiger partial charge in [-0.2, -0.15) is 0 Å². The Balaban J connectivity index is 1.63. The highest BCUT2D eigenvalue weighted by Crippen LogP contribution is 2.29. The molecule has 0 aromatic heterocycles. The van der Waals surface area contributed by atoms with Gasteiger partial charge in [0.15, 0.2) is 0 Å². The molecule has 0 N–H and O–H groups in total. The lowest BCUT2D eigenvalue weighted by Gasteiger charge is -2.28. The van der Waals surface area contributed by atoms with E-state index in [0.717, 1.165) is 37.7 Å². The molecular formula is C23H32O4. The lowest BCUT2D eigenvalue weighted by atomic mass is 9.83. The third kappa shape index (κ3) is 7.58. The molecule has 1 aliphatic carbocycles. The molecule has 0 saturated heterocycles. The van der Waals surface area contributed by atoms with Crippen LogP contribution < -0.4 is 0 Å². The van der Waals surface area contributed by atoms with E-state index >= 15 is 0 Å². The third-order valence-electron chi connectivity index (χ3n) is 5.39. The maximum absolute atomic E-state index is 11.9. The second kappa shape index (κ2) is 10.9. The van der Waals surface area contributed by atoms with E-state index in [9.17, 15) is 9.59 Å². The summed E-state index contributed by atoms with van der Waals surface area (Å²) in [5, 5.41) is 0. The molecule has 4 nitrogen and oxygen atoms in total. The third-order valence-corrected chi connectivity index (χ3v) is 5.39. The van der Waals surface area contributed by atoms with Crippen LogP contribution in [0.5, 0.6) is 0 Å². The van der Waals surface area contributed by atoms with Gasteiger partial charge in [-0.3, -0.25) is 4.79 Å². The first kappa shape index (κ1) is 21.2. The molecule has 1 fully saturated rings. The topological polar surface area (TPSA) is 52.6 Å². The number of aryl methyl sites for hydroxylation is 1. The van der Waals surface area contributed by atoms with Crippen LogP contribution in [0.3, 0.4) is 0 Å². The summed E-state index contributed by atoms with van der Waals surface area (Å²) in [6.07, 6.45) is 8.16. The molecule has 0 heterocycles. The van der Waals surface area contributed by atoms with Crippen LogP contribution in [-0.2, 0) is 19.1 Å². The van der Waals surface area contributed by atoms with Crippen molar-refractivity contribution >= 4 is 18.0 Å². The van der Waals surface area contributed by atoms with Gasteiger partial charge in [-0.25, -0.2) is 4.79 Å². The van der Waals surface area contributed by atoms with Crippen LogP contribution >= 0.6 is 0 Å². The van der Waals surface area contributed by atoms with Crippen molar-refractivity contribution in [2.45, 2.75) is 52.9 Å². The minimum absolute atomic E-state index is 0.0197. The van der Waals surface area contributed by atoms with Crippen molar-refractivity contribution in [2.75, 3.05) is 13.2 Å². The summed E-state index contributed by atoms with van der Waals surface area (Å²) in [5.74, 6) is 0.442. The summed E-state index contributed by atoms with van der Waals surface area (Å²) in [7, 11) is 0. The molecule has 2 rings (SSSR count). The molecule has 0 amide bonds. The van der Waals surface area contributed by atoms with E-state index in [0.29, 0.717) is 25.0 Å². The van der Waals surface area contributed by atoms with Gasteiger partial charge in [0.05, 0.1) is 19.1 Å². The maximum atomic E-state index is 11.9. The standard InChI is InChI=1S/C23H32O4/c1-4-18(3)23(25)27-16-21-11-9-20(10-12-21)15-26-22(24)14-13-19-7-5-17(2)6-8-19/h5-8,13-14,18,20-21H,4,9-12,15-16H2,1-3H3/b14-13+. The van der Waals surface area contributed by atoms with Gasteiger partial charge in [0, 0.05) is 6.08 Å². The van der Waals surface area contributed by atoms with E-state index in [2.05, 4.69) is 0 Å². The summed E-state index contributed by atoms with van der Waals surface area (Å²) in [6, 6.07) is 8.00. The summed E-state index contributed by atoms with van der Waals surface area (Å²) >= 11 is 0. The average molecular weight is 373 g/mol. The van der Waals surface area contributed by atoms with E-state index < -0.39 is 0 Å². The van der Waals surface area contributed by atoms with Crippen molar-refractivity contribution in [1.29, 1.82) is 0 Å². The van der Waals surface area contributed by atoms with Crippen LogP contribution in [-0.4, -0.2) is 25.2 Å². The smallest absolute Gasteiger partial charge is 0.330 e. The highest BCUT2D eigenvalue weighted by atomic mass is 16.5. The van der Waals surface area contributed by atoms with E-state index in [-0.39, 0.29) is 17.9 Å². The minimum atomic E-state index is -0.291. The van der Waals surface area contributed by atoms with Gasteiger partial charge >= 0.3 is 11.9 Å². The molecule has 148 valence electrons. The summed E-state index contributed by atoms with van der Waals surface area (Å²) in [4.78, 5) is 23.6. The largest absolute Gasteiger partial charge is 0.465 e. The van der Waals surface area contributed by atoms with Gasteiger partial charge in [-0.1, -0.05) is 43.7 Å². The average Bonchev–Trinajstić information content (AvgIpc) is 2.70. The van der Waals surface area contributed by atoms with Crippen molar-refractivity contribution in [2.24, 2.45) is 17.8 Å². The number of esters is 2. The Morgan fingerprint density at radius 3 is 2.15 bits per heavy atom. The zero-order chi connectivity index (χ0) is 19.6. The Morgan fingerprint density at radius 1 is 1.04 bits per heavy atom. The molecule has 0 bridgehead atoms. The molecule has 0 radical (unpaired) electrons. The number of hydrogen-bond acceptors (Lipinski definition) is 4. The Labute approximate surface area is 162 Å². The van der Waals surface area contributed by atoms with Gasteiger partial charge in [-0.05, 0) is 62.5 Å². The van der Waals surface area contributed by atoms with Crippen LogP contribution in [0.1, 0.15) is 57.1 Å². The lowest BCUT2D eigenvalue weighted by Crippen LogP contribution is -2.24. The molecule has 0 spiro atoms. The SMILES string of the molecule is CCC(C)C(=O)OCC1CCC(COC(=O)/C=C/c2ccc(C)cc2)CC1. The normalized spacial score (nSPS) is 21.0. The lowest BCUT2D eigenvalue weighted by molar-refractivity contribution is -0.150. The zero-order valence-electron chi connectivity index (χ0n) is 16.8. The van der Waals surface area contributed by atoms with Crippen molar-refractivity contribution < 1.29 is 19.1 Å². The first-order valence-electron chi connectivity index (χ1n) is 10.1. The molecule has 1 unspecified atom stereocenters. The highest BCUT2D eigenvalue weighted by Gasteiger charge is 2.23. The van der Waals surface area contributed by atoms with Crippen LogP contribution in [0.15, 0.2) is 30.3 Å². The van der Waals surface area contributed by atoms with Crippen molar-refractivity contribution in [3.8, 4) is 0 Å². The van der Waals surface area contributed by atoms with E-state index in [1.54, 1.807) is 6.08 Å². The number of ether oxygens (including phenoxy) is 2. The molecule has 4 heteroatoms. The predicted molar refractivity (Wildman–Crippen MR) is 107 cm³/mol. The molecule has 1 saturated carbocycles. The summed E-state index contributed by atoms with van der Waals surface area (Å²) in [5.41, 5.74) is 2.19. The first-order chi connectivity index (χ1) is 13.0. The zero-order valence-corrected chi connectivity index (χ0v) is 16.8. The number of hydrogen-bond donors (Lipinski definition) is 0. The molecule has 27 heavy (non-hydrogen) atoms. The Bertz CT molecular complexity index is 624. The number of rotatable bonds is 8. The van der Waals surface area contributed by atoms with E-state index in [1.165, 1.54) is 11.6 Å². The first-order valence-corrected chi connectivity index (χ1v) is 10.1. The van der Waals surface area contributed by atoms with E-state index in [4.69, 9.17) is 9.47 Å². The number of benzene rings is 1. The van der Waals surface area contributed by atoms with Gasteiger partial charge in [0.25, 0.3) is 0 Å². The minimum Gasteiger partial charge on any atom is -0.465 e. The highest BCUT2D eigenvalue weighted by molar-refractivity contribution is 5.87. The quantitative estimate of drug-likeness (QED) is 0.479. The summed E-state index contributed by atoms with van der Waals surface area (Å²) in [6.45, 7) is 6.92. The molecule has 0 aliphatic heterocycles. The van der Waals surface area contributed by atoms with Crippen LogP contribution in [0.4, 0.5) is 0 Å². The second-order valence-electron chi connectivity index (χ2n) is 7.70. The van der Waals surface area contributed by atoms with Crippen LogP contribution in [0.2, 0.25) is 0 Å². The molecule has 1 aromatic carbocycles. The fourth-order valence-electron chi connectivity index (χ4n) is 3.16. The number of carbonyl (C=O) groups excluding carboxylic acids is 2. The maximum Gasteiger partial charge on any atom is 0.330 e. The molecular weight excluding hydrogens is 340 g/mol. The van der Waals surface area contributed by atoms with Crippen molar-refractivity contribution in [3.63, 3.8) is 0 Å². The Hall–Kier alpha value is -2.10. The van der Waals surface area contributed by atoms with Crippen LogP contribution in [0.25, 0.3) is 6.08 Å². The van der Waals surface area contributed by atoms with Crippen LogP contribution in [0, 0.1) is 24.7 Å². The second-order valence-corrected chi connectivity index (χ2v) is 7.70. The molecule has 1 atom stereocenters. The van der Waals surface area contributed by atoms with Crippen molar-refractivity contribution in [1.82, 2.24) is 0 Å². The Morgan fingerprint density at radius 2 is 1.59 bits per heavy atom. The predicted octanol–water partition coefficient (Wildman–Crippen LogP) is 4.95. The molecule has 1 aliphatic rings. The van der Waals surface area contributed by atoms with Gasteiger partial charge < -0.3 is 9.47 Å². The summed E-state index contributed by atoms with van der Waals surface area (Å²) < 4.78 is 10.8. The fourth-order valence-corrected chi connectivity index (χ4v) is 3.16. The number of carbonyl (C=O) groups is 2. The monoisotopic (exact) mass is 372 g/mol. The van der Waals surface area contributed by atoms with Gasteiger partial charge in [-0.15, -0.1) is 0 Å². The van der Waals surface area contributed by atoms with E-state index in [1.807, 2.05) is 45.0 Å². The van der Waals surface area contributed by atoms with Gasteiger partial charge in [0.2, 0.25) is 0 Å².